The molecule has 3 N–H and O–H groups in total. The molecular weight excluding hydrogens is 468 g/mol. The first-order valence-electron chi connectivity index (χ1n) is 12.8. The van der Waals surface area contributed by atoms with E-state index in [1.807, 2.05) is 69.0 Å². The highest BCUT2D eigenvalue weighted by Gasteiger charge is 2.43. The fourth-order valence-corrected chi connectivity index (χ4v) is 4.63. The zero-order chi connectivity index (χ0) is 27.2. The third-order valence-electron chi connectivity index (χ3n) is 6.51. The van der Waals surface area contributed by atoms with Crippen molar-refractivity contribution in [3.05, 3.63) is 65.2 Å². The van der Waals surface area contributed by atoms with Crippen molar-refractivity contribution >= 4 is 17.7 Å². The number of ether oxygens (including phenoxy) is 1. The largest absolute Gasteiger partial charge is 0.497 e. The summed E-state index contributed by atoms with van der Waals surface area (Å²) in [6.45, 7) is 9.30. The molecule has 8 heteroatoms. The molecule has 0 spiro atoms. The van der Waals surface area contributed by atoms with Crippen LogP contribution in [0.4, 0.5) is 0 Å². The standard InChI is InChI=1S/C29H40N4O4/c1-20-9-11-22(12-10-20)28(36)33-19-23(16-25(33)27(35)31-14-13-30)32(26(34)17-29(2,3)4)18-21-7-6-8-24(15-21)37-5/h6-12,15,23,25H,13-14,16-19,30H2,1-5H3,(H,31,35). The van der Waals surface area contributed by atoms with E-state index in [2.05, 4.69) is 5.32 Å². The Morgan fingerprint density at radius 3 is 2.46 bits per heavy atom. The summed E-state index contributed by atoms with van der Waals surface area (Å²) < 4.78 is 5.38. The molecule has 0 saturated carbocycles. The molecule has 0 aliphatic carbocycles. The second-order valence-corrected chi connectivity index (χ2v) is 10.9. The van der Waals surface area contributed by atoms with Crippen LogP contribution in [0, 0.1) is 12.3 Å². The van der Waals surface area contributed by atoms with E-state index in [9.17, 15) is 14.4 Å². The minimum absolute atomic E-state index is 0.00827. The quantitative estimate of drug-likeness (QED) is 0.542. The van der Waals surface area contributed by atoms with Gasteiger partial charge in [-0.25, -0.2) is 0 Å². The second-order valence-electron chi connectivity index (χ2n) is 10.9. The average Bonchev–Trinajstić information content (AvgIpc) is 3.30. The van der Waals surface area contributed by atoms with Gasteiger partial charge in [-0.1, -0.05) is 50.6 Å². The van der Waals surface area contributed by atoms with Crippen molar-refractivity contribution in [2.45, 2.75) is 59.2 Å². The maximum Gasteiger partial charge on any atom is 0.254 e. The Bertz CT molecular complexity index is 1090. The minimum atomic E-state index is -0.694. The normalized spacial score (nSPS) is 17.4. The SMILES string of the molecule is COc1cccc(CN(C(=O)CC(C)(C)C)C2CC(C(=O)NCCN)N(C(=O)c3ccc(C)cc3)C2)c1. The van der Waals surface area contributed by atoms with Crippen molar-refractivity contribution in [3.63, 3.8) is 0 Å². The van der Waals surface area contributed by atoms with Crippen LogP contribution in [-0.4, -0.2) is 66.3 Å². The molecule has 0 bridgehead atoms. The Hall–Kier alpha value is -3.39. The Labute approximate surface area is 220 Å². The van der Waals surface area contributed by atoms with Gasteiger partial charge < -0.3 is 25.6 Å². The summed E-state index contributed by atoms with van der Waals surface area (Å²) in [5.41, 5.74) is 7.88. The van der Waals surface area contributed by atoms with Gasteiger partial charge in [-0.3, -0.25) is 14.4 Å². The van der Waals surface area contributed by atoms with Gasteiger partial charge in [-0.15, -0.1) is 0 Å². The molecule has 1 aliphatic heterocycles. The molecule has 2 aromatic rings. The van der Waals surface area contributed by atoms with Crippen molar-refractivity contribution in [2.24, 2.45) is 11.1 Å². The zero-order valence-electron chi connectivity index (χ0n) is 22.6. The van der Waals surface area contributed by atoms with Crippen molar-refractivity contribution in [1.82, 2.24) is 15.1 Å². The number of aryl methyl sites for hydroxylation is 1. The Morgan fingerprint density at radius 1 is 1.14 bits per heavy atom. The van der Waals surface area contributed by atoms with Crippen molar-refractivity contribution in [1.29, 1.82) is 0 Å². The summed E-state index contributed by atoms with van der Waals surface area (Å²) in [5, 5.41) is 2.83. The zero-order valence-corrected chi connectivity index (χ0v) is 22.6. The number of nitrogens with one attached hydrogen (secondary N) is 1. The number of amides is 3. The van der Waals surface area contributed by atoms with Crippen molar-refractivity contribution in [3.8, 4) is 5.75 Å². The van der Waals surface area contributed by atoms with Gasteiger partial charge in [-0.05, 0) is 48.6 Å². The molecule has 37 heavy (non-hydrogen) atoms. The molecule has 0 radical (unpaired) electrons. The van der Waals surface area contributed by atoms with Crippen LogP contribution in [-0.2, 0) is 16.1 Å². The lowest BCUT2D eigenvalue weighted by molar-refractivity contribution is -0.136. The number of benzene rings is 2. The molecule has 2 atom stereocenters. The molecule has 2 unspecified atom stereocenters. The number of methoxy groups -OCH3 is 1. The minimum Gasteiger partial charge on any atom is -0.497 e. The smallest absolute Gasteiger partial charge is 0.254 e. The summed E-state index contributed by atoms with van der Waals surface area (Å²) in [6, 6.07) is 13.9. The molecule has 3 amide bonds. The van der Waals surface area contributed by atoms with Gasteiger partial charge in [0.25, 0.3) is 5.91 Å². The van der Waals surface area contributed by atoms with Crippen LogP contribution in [0.1, 0.15) is 55.1 Å². The van der Waals surface area contributed by atoms with Gasteiger partial charge in [0.1, 0.15) is 11.8 Å². The van der Waals surface area contributed by atoms with Crippen LogP contribution in [0.3, 0.4) is 0 Å². The molecular formula is C29H40N4O4. The van der Waals surface area contributed by atoms with Gasteiger partial charge in [0, 0.05) is 38.2 Å². The molecule has 1 aliphatic rings. The fourth-order valence-electron chi connectivity index (χ4n) is 4.63. The average molecular weight is 509 g/mol. The second kappa shape index (κ2) is 12.2. The molecule has 200 valence electrons. The molecule has 0 aromatic heterocycles. The van der Waals surface area contributed by atoms with Gasteiger partial charge in [0.05, 0.1) is 13.2 Å². The van der Waals surface area contributed by atoms with Crippen LogP contribution in [0.5, 0.6) is 5.75 Å². The maximum atomic E-state index is 13.6. The van der Waals surface area contributed by atoms with Crippen LogP contribution < -0.4 is 15.8 Å². The van der Waals surface area contributed by atoms with Gasteiger partial charge >= 0.3 is 0 Å². The van der Waals surface area contributed by atoms with Crippen molar-refractivity contribution in [2.75, 3.05) is 26.7 Å². The lowest BCUT2D eigenvalue weighted by atomic mass is 9.91. The summed E-state index contributed by atoms with van der Waals surface area (Å²) >= 11 is 0. The number of hydrogen-bond acceptors (Lipinski definition) is 5. The van der Waals surface area contributed by atoms with E-state index in [0.29, 0.717) is 43.8 Å². The lowest BCUT2D eigenvalue weighted by Gasteiger charge is -2.32. The first-order valence-corrected chi connectivity index (χ1v) is 12.8. The number of likely N-dealkylation sites (tertiary alicyclic amines) is 1. The van der Waals surface area contributed by atoms with Gasteiger partial charge in [0.2, 0.25) is 11.8 Å². The fraction of sp³-hybridized carbons (Fsp3) is 0.483. The Balaban J connectivity index is 1.94. The van der Waals surface area contributed by atoms with Gasteiger partial charge in [0.15, 0.2) is 0 Å². The lowest BCUT2D eigenvalue weighted by Crippen LogP contribution is -2.47. The number of nitrogens with two attached hydrogens (primary N) is 1. The summed E-state index contributed by atoms with van der Waals surface area (Å²) in [7, 11) is 1.61. The first-order chi connectivity index (χ1) is 17.5. The summed E-state index contributed by atoms with van der Waals surface area (Å²) in [4.78, 5) is 43.7. The molecule has 1 fully saturated rings. The van der Waals surface area contributed by atoms with E-state index in [1.165, 1.54) is 0 Å². The third kappa shape index (κ3) is 7.55. The monoisotopic (exact) mass is 508 g/mol. The van der Waals surface area contributed by atoms with E-state index in [0.717, 1.165) is 11.1 Å². The summed E-state index contributed by atoms with van der Waals surface area (Å²) in [5.74, 6) is 0.228. The number of rotatable bonds is 9. The Kier molecular flexibility index (Phi) is 9.32. The summed E-state index contributed by atoms with van der Waals surface area (Å²) in [6.07, 6.45) is 0.706. The van der Waals surface area contributed by atoms with E-state index in [4.69, 9.17) is 10.5 Å². The first kappa shape index (κ1) is 28.2. The van der Waals surface area contributed by atoms with Crippen LogP contribution in [0.2, 0.25) is 0 Å². The van der Waals surface area contributed by atoms with E-state index in [1.54, 1.807) is 24.1 Å². The highest BCUT2D eigenvalue weighted by molar-refractivity contribution is 5.98. The number of carbonyl (C=O) groups is 3. The van der Waals surface area contributed by atoms with Gasteiger partial charge in [-0.2, -0.15) is 0 Å². The van der Waals surface area contributed by atoms with E-state index < -0.39 is 6.04 Å². The predicted octanol–water partition coefficient (Wildman–Crippen LogP) is 3.13. The molecule has 1 heterocycles. The topological polar surface area (TPSA) is 105 Å². The molecule has 8 nitrogen and oxygen atoms in total. The molecule has 1 saturated heterocycles. The number of hydrogen-bond donors (Lipinski definition) is 2. The highest BCUT2D eigenvalue weighted by Crippen LogP contribution is 2.29. The number of nitrogens with zero attached hydrogens (tertiary/aromatic N) is 2. The van der Waals surface area contributed by atoms with Crippen molar-refractivity contribution < 1.29 is 19.1 Å². The maximum absolute atomic E-state index is 13.6. The van der Waals surface area contributed by atoms with Crippen LogP contribution in [0.25, 0.3) is 0 Å². The Morgan fingerprint density at radius 2 is 1.84 bits per heavy atom. The molecule has 2 aromatic carbocycles. The highest BCUT2D eigenvalue weighted by atomic mass is 16.5. The van der Waals surface area contributed by atoms with E-state index in [-0.39, 0.29) is 35.7 Å². The van der Waals surface area contributed by atoms with E-state index >= 15 is 0 Å². The van der Waals surface area contributed by atoms with Crippen LogP contribution >= 0.6 is 0 Å². The molecule has 3 rings (SSSR count). The number of carbonyl (C=O) groups excluding carboxylic acids is 3. The third-order valence-corrected chi connectivity index (χ3v) is 6.51. The van der Waals surface area contributed by atoms with Crippen LogP contribution in [0.15, 0.2) is 48.5 Å². The predicted molar refractivity (Wildman–Crippen MR) is 144 cm³/mol.